The molecule has 220 valence electrons. The molecule has 0 aliphatic carbocycles. The number of carbonyl (C=O) groups is 3. The minimum Gasteiger partial charge on any atom is -0.444 e. The minimum absolute atomic E-state index is 0.0249. The van der Waals surface area contributed by atoms with Gasteiger partial charge in [0.2, 0.25) is 4.80 Å². The lowest BCUT2D eigenvalue weighted by atomic mass is 9.99. The summed E-state index contributed by atoms with van der Waals surface area (Å²) >= 11 is 12.8. The van der Waals surface area contributed by atoms with E-state index >= 15 is 0 Å². The lowest BCUT2D eigenvalue weighted by Crippen LogP contribution is -2.48. The van der Waals surface area contributed by atoms with E-state index < -0.39 is 42.0 Å². The highest BCUT2D eigenvalue weighted by molar-refractivity contribution is 7.03. The Morgan fingerprint density at radius 2 is 1.61 bits per heavy atom. The third kappa shape index (κ3) is 9.31. The summed E-state index contributed by atoms with van der Waals surface area (Å²) in [7, 11) is 0. The number of benzene rings is 2. The van der Waals surface area contributed by atoms with Gasteiger partial charge < -0.3 is 14.8 Å². The SMILES string of the molecule is CCC(C)C(NC(=O)OC(C)(C)C)C(=O)OCn1c(=NC(=O)c2ccc(Cl)cc2)sn(Cc2ccc(Cl)cc2)c1=O. The number of hydrogen-bond donors (Lipinski definition) is 1. The normalized spacial score (nSPS) is 13.4. The van der Waals surface area contributed by atoms with Gasteiger partial charge in [-0.3, -0.25) is 4.79 Å². The molecule has 10 nitrogen and oxygen atoms in total. The van der Waals surface area contributed by atoms with Crippen LogP contribution >= 0.6 is 34.7 Å². The van der Waals surface area contributed by atoms with Gasteiger partial charge in [0.25, 0.3) is 5.91 Å². The molecule has 13 heteroatoms. The van der Waals surface area contributed by atoms with Crippen LogP contribution in [0.3, 0.4) is 0 Å². The van der Waals surface area contributed by atoms with Gasteiger partial charge in [-0.1, -0.05) is 55.6 Å². The Hall–Kier alpha value is -3.41. The molecule has 0 fully saturated rings. The quantitative estimate of drug-likeness (QED) is 0.325. The van der Waals surface area contributed by atoms with E-state index in [0.717, 1.165) is 21.7 Å². The van der Waals surface area contributed by atoms with E-state index in [1.807, 2.05) is 6.92 Å². The second-order valence-corrected chi connectivity index (χ2v) is 12.1. The highest BCUT2D eigenvalue weighted by Gasteiger charge is 2.30. The topological polar surface area (TPSA) is 121 Å². The molecular formula is C28H32Cl2N4O6S. The molecule has 3 aromatic rings. The largest absolute Gasteiger partial charge is 0.444 e. The van der Waals surface area contributed by atoms with E-state index in [1.54, 1.807) is 64.1 Å². The van der Waals surface area contributed by atoms with Gasteiger partial charge in [0, 0.05) is 15.6 Å². The van der Waals surface area contributed by atoms with Crippen LogP contribution in [0.5, 0.6) is 0 Å². The van der Waals surface area contributed by atoms with Crippen molar-refractivity contribution in [2.24, 2.45) is 10.9 Å². The summed E-state index contributed by atoms with van der Waals surface area (Å²) in [5.74, 6) is -1.66. The smallest absolute Gasteiger partial charge is 0.408 e. The second-order valence-electron chi connectivity index (χ2n) is 10.3. The van der Waals surface area contributed by atoms with Crippen molar-refractivity contribution in [3.63, 3.8) is 0 Å². The summed E-state index contributed by atoms with van der Waals surface area (Å²) in [5.41, 5.74) is -0.249. The van der Waals surface area contributed by atoms with E-state index in [1.165, 1.54) is 16.1 Å². The molecular weight excluding hydrogens is 591 g/mol. The van der Waals surface area contributed by atoms with Gasteiger partial charge in [0.1, 0.15) is 11.6 Å². The van der Waals surface area contributed by atoms with Crippen molar-refractivity contribution >= 4 is 52.7 Å². The highest BCUT2D eigenvalue weighted by Crippen LogP contribution is 2.14. The Morgan fingerprint density at radius 1 is 1.02 bits per heavy atom. The van der Waals surface area contributed by atoms with Crippen molar-refractivity contribution in [2.45, 2.75) is 66.0 Å². The maximum absolute atomic E-state index is 13.4. The maximum Gasteiger partial charge on any atom is 0.408 e. The van der Waals surface area contributed by atoms with Crippen molar-refractivity contribution in [3.05, 3.63) is 85.0 Å². The highest BCUT2D eigenvalue weighted by atomic mass is 35.5. The van der Waals surface area contributed by atoms with E-state index in [9.17, 15) is 19.2 Å². The standard InChI is InChI=1S/C28H32Cl2N4O6S/c1-6-17(2)22(31-26(37)40-28(3,4)5)24(36)39-16-33-25(32-23(35)19-9-13-21(30)14-10-19)41-34(27(33)38)15-18-7-11-20(29)12-8-18/h7-14,17,22H,6,15-16H2,1-5H3,(H,31,37). The summed E-state index contributed by atoms with van der Waals surface area (Å²) in [5, 5.41) is 3.57. The first-order valence-electron chi connectivity index (χ1n) is 12.8. The molecule has 0 aliphatic rings. The van der Waals surface area contributed by atoms with Crippen LogP contribution in [0.15, 0.2) is 58.3 Å². The number of ether oxygens (including phenoxy) is 2. The molecule has 0 saturated heterocycles. The number of esters is 1. The van der Waals surface area contributed by atoms with Crippen molar-refractivity contribution in [1.82, 2.24) is 13.8 Å². The fourth-order valence-corrected chi connectivity index (χ4v) is 4.71. The number of halogens is 2. The van der Waals surface area contributed by atoms with Gasteiger partial charge in [-0.2, -0.15) is 4.99 Å². The number of nitrogens with one attached hydrogen (secondary N) is 1. The Kier molecular flexibility index (Phi) is 10.9. The molecule has 0 aliphatic heterocycles. The first kappa shape index (κ1) is 32.1. The number of carbonyl (C=O) groups excluding carboxylic acids is 3. The first-order chi connectivity index (χ1) is 19.3. The lowest BCUT2D eigenvalue weighted by molar-refractivity contribution is -0.151. The van der Waals surface area contributed by atoms with Crippen LogP contribution in [0.4, 0.5) is 4.79 Å². The summed E-state index contributed by atoms with van der Waals surface area (Å²) in [6.07, 6.45) is -0.205. The zero-order valence-electron chi connectivity index (χ0n) is 23.4. The third-order valence-corrected chi connectivity index (χ3v) is 7.35. The number of hydrogen-bond acceptors (Lipinski definition) is 7. The van der Waals surface area contributed by atoms with Crippen molar-refractivity contribution < 1.29 is 23.9 Å². The van der Waals surface area contributed by atoms with Crippen molar-refractivity contribution in [1.29, 1.82) is 0 Å². The lowest BCUT2D eigenvalue weighted by Gasteiger charge is -2.25. The molecule has 2 unspecified atom stereocenters. The number of nitrogens with zero attached hydrogens (tertiary/aromatic N) is 3. The fraction of sp³-hybridized carbons (Fsp3) is 0.393. The fourth-order valence-electron chi connectivity index (χ4n) is 3.52. The predicted molar refractivity (Wildman–Crippen MR) is 157 cm³/mol. The molecule has 1 N–H and O–H groups in total. The van der Waals surface area contributed by atoms with Crippen LogP contribution in [0.2, 0.25) is 10.0 Å². The molecule has 0 spiro atoms. The summed E-state index contributed by atoms with van der Waals surface area (Å²) in [6.45, 7) is 8.42. The molecule has 3 rings (SSSR count). The molecule has 1 heterocycles. The zero-order valence-corrected chi connectivity index (χ0v) is 25.7. The predicted octanol–water partition coefficient (Wildman–Crippen LogP) is 5.25. The van der Waals surface area contributed by atoms with Gasteiger partial charge in [-0.05, 0) is 80.2 Å². The molecule has 2 aromatic carbocycles. The minimum atomic E-state index is -1.03. The summed E-state index contributed by atoms with van der Waals surface area (Å²) in [4.78, 5) is 55.9. The molecule has 1 aromatic heterocycles. The average Bonchev–Trinajstić information content (AvgIpc) is 3.19. The molecule has 0 bridgehead atoms. The Labute approximate surface area is 251 Å². The van der Waals surface area contributed by atoms with Crippen molar-refractivity contribution in [3.8, 4) is 0 Å². The molecule has 2 atom stereocenters. The van der Waals surface area contributed by atoms with E-state index in [2.05, 4.69) is 10.3 Å². The number of alkyl carbamates (subject to hydrolysis) is 1. The van der Waals surface area contributed by atoms with Crippen LogP contribution in [0.1, 0.15) is 57.0 Å². The molecule has 0 radical (unpaired) electrons. The molecule has 2 amide bonds. The van der Waals surface area contributed by atoms with E-state index in [-0.39, 0.29) is 22.8 Å². The van der Waals surface area contributed by atoms with Crippen LogP contribution < -0.4 is 15.8 Å². The van der Waals surface area contributed by atoms with Crippen LogP contribution in [0, 0.1) is 5.92 Å². The Morgan fingerprint density at radius 3 is 2.17 bits per heavy atom. The van der Waals surface area contributed by atoms with Crippen molar-refractivity contribution in [2.75, 3.05) is 0 Å². The van der Waals surface area contributed by atoms with Crippen LogP contribution in [-0.2, 0) is 27.5 Å². The van der Waals surface area contributed by atoms with Gasteiger partial charge >= 0.3 is 17.8 Å². The Bertz CT molecular complexity index is 1500. The van der Waals surface area contributed by atoms with Crippen LogP contribution in [-0.4, -0.2) is 38.1 Å². The second kappa shape index (κ2) is 14.0. The number of aromatic nitrogens is 2. The first-order valence-corrected chi connectivity index (χ1v) is 14.4. The van der Waals surface area contributed by atoms with Crippen LogP contribution in [0.25, 0.3) is 0 Å². The van der Waals surface area contributed by atoms with Gasteiger partial charge in [-0.15, -0.1) is 0 Å². The summed E-state index contributed by atoms with van der Waals surface area (Å²) in [6, 6.07) is 12.1. The average molecular weight is 624 g/mol. The van der Waals surface area contributed by atoms with Gasteiger partial charge in [-0.25, -0.2) is 22.9 Å². The van der Waals surface area contributed by atoms with Gasteiger partial charge in [0.15, 0.2) is 6.73 Å². The zero-order chi connectivity index (χ0) is 30.3. The number of amides is 2. The van der Waals surface area contributed by atoms with E-state index in [0.29, 0.717) is 16.5 Å². The van der Waals surface area contributed by atoms with E-state index in [4.69, 9.17) is 32.7 Å². The Balaban J connectivity index is 1.92. The summed E-state index contributed by atoms with van der Waals surface area (Å²) < 4.78 is 13.3. The molecule has 41 heavy (non-hydrogen) atoms. The van der Waals surface area contributed by atoms with Gasteiger partial charge in [0.05, 0.1) is 6.54 Å². The monoisotopic (exact) mass is 622 g/mol. The number of rotatable bonds is 9. The third-order valence-electron chi connectivity index (χ3n) is 5.87. The maximum atomic E-state index is 13.4. The molecule has 0 saturated carbocycles.